The molecular weight excluding hydrogens is 362 g/mol. The second-order valence-corrected chi connectivity index (χ2v) is 5.09. The van der Waals surface area contributed by atoms with Crippen LogP contribution in [0.3, 0.4) is 0 Å². The Labute approximate surface area is 124 Å². The van der Waals surface area contributed by atoms with E-state index >= 15 is 0 Å². The lowest BCUT2D eigenvalue weighted by Crippen LogP contribution is -2.08. The summed E-state index contributed by atoms with van der Waals surface area (Å²) in [6.07, 6.45) is -9.29. The summed E-state index contributed by atoms with van der Waals surface area (Å²) in [5.74, 6) is 0. The van der Waals surface area contributed by atoms with E-state index < -0.39 is 23.5 Å². The molecule has 2 aromatic carbocycles. The van der Waals surface area contributed by atoms with Crippen LogP contribution in [0.1, 0.15) is 11.1 Å². The molecule has 0 heterocycles. The van der Waals surface area contributed by atoms with E-state index in [1.165, 1.54) is 18.2 Å². The summed E-state index contributed by atoms with van der Waals surface area (Å²) in [5.41, 5.74) is -2.42. The van der Waals surface area contributed by atoms with Crippen molar-refractivity contribution in [2.45, 2.75) is 12.4 Å². The fourth-order valence-electron chi connectivity index (χ4n) is 1.89. The van der Waals surface area contributed by atoms with Crippen molar-refractivity contribution in [2.24, 2.45) is 0 Å². The molecule has 0 N–H and O–H groups in total. The molecule has 0 spiro atoms. The van der Waals surface area contributed by atoms with Crippen molar-refractivity contribution in [3.8, 4) is 11.1 Å². The van der Waals surface area contributed by atoms with E-state index in [9.17, 15) is 26.3 Å². The highest BCUT2D eigenvalue weighted by Crippen LogP contribution is 2.41. The summed E-state index contributed by atoms with van der Waals surface area (Å²) in [6.45, 7) is 0. The third kappa shape index (κ3) is 3.40. The van der Waals surface area contributed by atoms with Gasteiger partial charge in [0, 0.05) is 4.47 Å². The molecule has 0 saturated heterocycles. The van der Waals surface area contributed by atoms with Crippen LogP contribution in [0.25, 0.3) is 11.1 Å². The molecule has 0 aliphatic rings. The van der Waals surface area contributed by atoms with Gasteiger partial charge in [0.2, 0.25) is 0 Å². The zero-order chi connectivity index (χ0) is 15.8. The first-order valence-corrected chi connectivity index (χ1v) is 6.43. The van der Waals surface area contributed by atoms with Gasteiger partial charge in [-0.2, -0.15) is 26.3 Å². The molecule has 0 bridgehead atoms. The van der Waals surface area contributed by atoms with Crippen molar-refractivity contribution in [1.82, 2.24) is 0 Å². The van der Waals surface area contributed by atoms with Crippen LogP contribution in [-0.4, -0.2) is 0 Å². The quantitative estimate of drug-likeness (QED) is 0.529. The minimum Gasteiger partial charge on any atom is -0.166 e. The molecule has 21 heavy (non-hydrogen) atoms. The first-order valence-electron chi connectivity index (χ1n) is 5.64. The fraction of sp³-hybridized carbons (Fsp3) is 0.143. The topological polar surface area (TPSA) is 0 Å². The molecule has 112 valence electrons. The predicted octanol–water partition coefficient (Wildman–Crippen LogP) is 6.15. The van der Waals surface area contributed by atoms with Gasteiger partial charge in [-0.05, 0) is 29.3 Å². The summed E-state index contributed by atoms with van der Waals surface area (Å²) >= 11 is 2.75. The normalized spacial score (nSPS) is 12.5. The number of benzene rings is 2. The molecule has 0 fully saturated rings. The fourth-order valence-corrected chi connectivity index (χ4v) is 2.36. The van der Waals surface area contributed by atoms with Gasteiger partial charge in [0.1, 0.15) is 0 Å². The molecule has 0 aliphatic carbocycles. The van der Waals surface area contributed by atoms with Crippen molar-refractivity contribution in [2.75, 3.05) is 0 Å². The van der Waals surface area contributed by atoms with Crippen molar-refractivity contribution in [3.05, 3.63) is 58.1 Å². The summed E-state index contributed by atoms with van der Waals surface area (Å²) in [7, 11) is 0. The van der Waals surface area contributed by atoms with E-state index in [0.29, 0.717) is 6.07 Å². The second kappa shape index (κ2) is 5.36. The zero-order valence-electron chi connectivity index (χ0n) is 10.2. The molecule has 2 rings (SSSR count). The highest BCUT2D eigenvalue weighted by Gasteiger charge is 2.35. The van der Waals surface area contributed by atoms with Crippen molar-refractivity contribution in [3.63, 3.8) is 0 Å². The monoisotopic (exact) mass is 368 g/mol. The third-order valence-corrected chi connectivity index (χ3v) is 3.51. The number of hydrogen-bond donors (Lipinski definition) is 0. The van der Waals surface area contributed by atoms with Crippen LogP contribution in [0, 0.1) is 0 Å². The number of alkyl halides is 6. The third-order valence-electron chi connectivity index (χ3n) is 2.82. The van der Waals surface area contributed by atoms with E-state index in [0.717, 1.165) is 18.2 Å². The maximum atomic E-state index is 12.9. The molecule has 0 nitrogen and oxygen atoms in total. The van der Waals surface area contributed by atoms with Crippen LogP contribution in [0.4, 0.5) is 26.3 Å². The molecule has 0 atom stereocenters. The Morgan fingerprint density at radius 3 is 1.86 bits per heavy atom. The second-order valence-electron chi connectivity index (χ2n) is 4.24. The van der Waals surface area contributed by atoms with Crippen molar-refractivity contribution >= 4 is 15.9 Å². The van der Waals surface area contributed by atoms with E-state index in [1.807, 2.05) is 0 Å². The van der Waals surface area contributed by atoms with E-state index in [-0.39, 0.29) is 15.6 Å². The van der Waals surface area contributed by atoms with Crippen LogP contribution in [0.15, 0.2) is 46.9 Å². The van der Waals surface area contributed by atoms with Crippen LogP contribution in [-0.2, 0) is 12.4 Å². The minimum atomic E-state index is -4.65. The minimum absolute atomic E-state index is 0.140. The maximum Gasteiger partial charge on any atom is 0.417 e. The van der Waals surface area contributed by atoms with Gasteiger partial charge in [0.25, 0.3) is 0 Å². The SMILES string of the molecule is FC(F)(F)c1cc(-c2ccccc2C(F)(F)F)ccc1Br. The molecule has 0 aromatic heterocycles. The first-order chi connectivity index (χ1) is 9.60. The molecule has 0 aliphatic heterocycles. The summed E-state index contributed by atoms with van der Waals surface area (Å²) in [6, 6.07) is 7.52. The van der Waals surface area contributed by atoms with Gasteiger partial charge in [0.15, 0.2) is 0 Å². The molecule has 0 unspecified atom stereocenters. The zero-order valence-corrected chi connectivity index (χ0v) is 11.8. The largest absolute Gasteiger partial charge is 0.417 e. The lowest BCUT2D eigenvalue weighted by molar-refractivity contribution is -0.138. The van der Waals surface area contributed by atoms with Gasteiger partial charge in [-0.3, -0.25) is 0 Å². The maximum absolute atomic E-state index is 12.9. The smallest absolute Gasteiger partial charge is 0.166 e. The van der Waals surface area contributed by atoms with Gasteiger partial charge in [0.05, 0.1) is 11.1 Å². The Bertz CT molecular complexity index is 657. The highest BCUT2D eigenvalue weighted by atomic mass is 79.9. The number of hydrogen-bond acceptors (Lipinski definition) is 0. The molecule has 0 saturated carbocycles. The lowest BCUT2D eigenvalue weighted by atomic mass is 9.97. The molecule has 7 heteroatoms. The van der Waals surface area contributed by atoms with Gasteiger partial charge in [-0.15, -0.1) is 0 Å². The highest BCUT2D eigenvalue weighted by molar-refractivity contribution is 9.10. The average Bonchev–Trinajstić information content (AvgIpc) is 2.37. The average molecular weight is 369 g/mol. The predicted molar refractivity (Wildman–Crippen MR) is 69.6 cm³/mol. The van der Waals surface area contributed by atoms with E-state index in [1.54, 1.807) is 0 Å². The van der Waals surface area contributed by atoms with Crippen LogP contribution in [0.5, 0.6) is 0 Å². The lowest BCUT2D eigenvalue weighted by Gasteiger charge is -2.15. The van der Waals surface area contributed by atoms with Crippen molar-refractivity contribution in [1.29, 1.82) is 0 Å². The van der Waals surface area contributed by atoms with Gasteiger partial charge >= 0.3 is 12.4 Å². The number of halogens is 7. The Balaban J connectivity index is 2.64. The molecular formula is C14H7BrF6. The summed E-state index contributed by atoms with van der Waals surface area (Å²) in [4.78, 5) is 0. The van der Waals surface area contributed by atoms with Crippen molar-refractivity contribution < 1.29 is 26.3 Å². The Hall–Kier alpha value is -1.50. The molecule has 2 aromatic rings. The van der Waals surface area contributed by atoms with Crippen LogP contribution in [0.2, 0.25) is 0 Å². The van der Waals surface area contributed by atoms with Gasteiger partial charge in [-0.25, -0.2) is 0 Å². The first kappa shape index (κ1) is 15.9. The Kier molecular flexibility index (Phi) is 4.06. The number of rotatable bonds is 1. The Morgan fingerprint density at radius 1 is 0.714 bits per heavy atom. The van der Waals surface area contributed by atoms with Gasteiger partial charge < -0.3 is 0 Å². The molecule has 0 amide bonds. The van der Waals surface area contributed by atoms with Crippen LogP contribution >= 0.6 is 15.9 Å². The van der Waals surface area contributed by atoms with E-state index in [2.05, 4.69) is 15.9 Å². The molecule has 0 radical (unpaired) electrons. The summed E-state index contributed by atoms with van der Waals surface area (Å²) < 4.78 is 77.0. The summed E-state index contributed by atoms with van der Waals surface area (Å²) in [5, 5.41) is 0. The Morgan fingerprint density at radius 2 is 1.29 bits per heavy atom. The standard InChI is InChI=1S/C14H7BrF6/c15-12-6-5-8(7-11(12)14(19,20)21)9-3-1-2-4-10(9)13(16,17)18/h1-7H. The van der Waals surface area contributed by atoms with E-state index in [4.69, 9.17) is 0 Å². The van der Waals surface area contributed by atoms with Crippen LogP contribution < -0.4 is 0 Å². The van der Waals surface area contributed by atoms with Gasteiger partial charge in [-0.1, -0.05) is 40.2 Å².